The van der Waals surface area contributed by atoms with E-state index in [2.05, 4.69) is 53.4 Å². The summed E-state index contributed by atoms with van der Waals surface area (Å²) in [6, 6.07) is 21.5. The highest BCUT2D eigenvalue weighted by molar-refractivity contribution is 5.74. The van der Waals surface area contributed by atoms with Crippen molar-refractivity contribution in [1.29, 1.82) is 0 Å². The van der Waals surface area contributed by atoms with Crippen molar-refractivity contribution in [3.8, 4) is 0 Å². The van der Waals surface area contributed by atoms with Crippen LogP contribution in [0.5, 0.6) is 0 Å². The third-order valence-corrected chi connectivity index (χ3v) is 4.83. The van der Waals surface area contributed by atoms with E-state index in [1.54, 1.807) is 0 Å². The highest BCUT2D eigenvalue weighted by atomic mass is 16.6. The molecule has 1 fully saturated rings. The smallest absolute Gasteiger partial charge is 0.309 e. The van der Waals surface area contributed by atoms with Crippen LogP contribution in [0.2, 0.25) is 0 Å². The topological polar surface area (TPSA) is 29.5 Å². The molecule has 0 radical (unpaired) electrons. The number of ether oxygens (including phenoxy) is 1. The van der Waals surface area contributed by atoms with Gasteiger partial charge in [0.15, 0.2) is 0 Å². The van der Waals surface area contributed by atoms with Gasteiger partial charge in [-0.15, -0.1) is 0 Å². The molecule has 0 aromatic heterocycles. The minimum atomic E-state index is -0.407. The maximum absolute atomic E-state index is 12.3. The quantitative estimate of drug-likeness (QED) is 0.700. The van der Waals surface area contributed by atoms with Crippen LogP contribution in [0.4, 0.5) is 0 Å². The molecule has 3 nitrogen and oxygen atoms in total. The molecule has 0 bridgehead atoms. The summed E-state index contributed by atoms with van der Waals surface area (Å²) >= 11 is 0. The summed E-state index contributed by atoms with van der Waals surface area (Å²) < 4.78 is 5.55. The second kappa shape index (κ2) is 8.05. The van der Waals surface area contributed by atoms with Gasteiger partial charge in [0.05, 0.1) is 5.92 Å². The minimum absolute atomic E-state index is 0.0354. The Balaban J connectivity index is 1.64. The molecule has 0 unspecified atom stereocenters. The van der Waals surface area contributed by atoms with Crippen LogP contribution in [-0.4, -0.2) is 22.5 Å². The van der Waals surface area contributed by atoms with Crippen LogP contribution in [-0.2, 0) is 22.6 Å². The van der Waals surface area contributed by atoms with Gasteiger partial charge in [-0.25, -0.2) is 0 Å². The lowest BCUT2D eigenvalue weighted by atomic mass is 9.79. The molecule has 0 amide bonds. The molecule has 1 aliphatic rings. The lowest BCUT2D eigenvalue weighted by molar-refractivity contribution is -0.165. The molecule has 3 rings (SSSR count). The first-order valence-corrected chi connectivity index (χ1v) is 9.45. The normalized spacial score (nSPS) is 19.8. The van der Waals surface area contributed by atoms with E-state index in [9.17, 15) is 4.79 Å². The molecule has 0 atom stereocenters. The fraction of sp³-hybridized carbons (Fsp3) is 0.435. The van der Waals surface area contributed by atoms with Crippen molar-refractivity contribution in [3.05, 3.63) is 71.8 Å². The largest absolute Gasteiger partial charge is 0.460 e. The predicted molar refractivity (Wildman–Crippen MR) is 104 cm³/mol. The molecule has 0 heterocycles. The van der Waals surface area contributed by atoms with Crippen molar-refractivity contribution in [2.75, 3.05) is 0 Å². The summed E-state index contributed by atoms with van der Waals surface area (Å²) in [6.45, 7) is 7.59. The summed E-state index contributed by atoms with van der Waals surface area (Å²) in [5.74, 6) is -0.0126. The Hall–Kier alpha value is -2.13. The Morgan fingerprint density at radius 2 is 1.38 bits per heavy atom. The van der Waals surface area contributed by atoms with Crippen molar-refractivity contribution in [1.82, 2.24) is 4.90 Å². The zero-order valence-electron chi connectivity index (χ0n) is 16.0. The van der Waals surface area contributed by atoms with Crippen LogP contribution in [0.1, 0.15) is 44.7 Å². The lowest BCUT2D eigenvalue weighted by Gasteiger charge is -2.42. The van der Waals surface area contributed by atoms with Crippen LogP contribution in [0.25, 0.3) is 0 Å². The summed E-state index contributed by atoms with van der Waals surface area (Å²) in [6.07, 6.45) is 1.77. The molecular formula is C23H29NO2. The zero-order chi connectivity index (χ0) is 18.6. The van der Waals surface area contributed by atoms with Gasteiger partial charge in [-0.1, -0.05) is 60.7 Å². The third-order valence-electron chi connectivity index (χ3n) is 4.83. The summed E-state index contributed by atoms with van der Waals surface area (Å²) in [5.41, 5.74) is 2.21. The van der Waals surface area contributed by atoms with Crippen molar-refractivity contribution >= 4 is 5.97 Å². The molecule has 1 aliphatic carbocycles. The number of hydrogen-bond donors (Lipinski definition) is 0. The van der Waals surface area contributed by atoms with E-state index >= 15 is 0 Å². The van der Waals surface area contributed by atoms with E-state index < -0.39 is 5.60 Å². The molecule has 2 aromatic carbocycles. The fourth-order valence-corrected chi connectivity index (χ4v) is 3.41. The summed E-state index contributed by atoms with van der Waals surface area (Å²) in [4.78, 5) is 14.8. The number of carbonyl (C=O) groups excluding carboxylic acids is 1. The molecular weight excluding hydrogens is 322 g/mol. The maximum Gasteiger partial charge on any atom is 0.309 e. The average Bonchev–Trinajstić information content (AvgIpc) is 2.53. The van der Waals surface area contributed by atoms with E-state index in [1.165, 1.54) is 11.1 Å². The Bertz CT molecular complexity index is 658. The van der Waals surface area contributed by atoms with Crippen molar-refractivity contribution in [2.45, 2.75) is 58.3 Å². The van der Waals surface area contributed by atoms with Crippen molar-refractivity contribution < 1.29 is 9.53 Å². The summed E-state index contributed by atoms with van der Waals surface area (Å²) in [5, 5.41) is 0. The lowest BCUT2D eigenvalue weighted by Crippen LogP contribution is -2.47. The van der Waals surface area contributed by atoms with Gasteiger partial charge >= 0.3 is 5.97 Å². The number of hydrogen-bond acceptors (Lipinski definition) is 3. The van der Waals surface area contributed by atoms with Gasteiger partial charge in [-0.3, -0.25) is 9.69 Å². The molecule has 0 N–H and O–H groups in total. The van der Waals surface area contributed by atoms with E-state index in [1.807, 2.05) is 32.9 Å². The Morgan fingerprint density at radius 1 is 0.923 bits per heavy atom. The first kappa shape index (κ1) is 18.7. The molecule has 26 heavy (non-hydrogen) atoms. The third kappa shape index (κ3) is 5.18. The van der Waals surface area contributed by atoms with Crippen molar-refractivity contribution in [3.63, 3.8) is 0 Å². The fourth-order valence-electron chi connectivity index (χ4n) is 3.41. The molecule has 1 saturated carbocycles. The molecule has 138 valence electrons. The number of esters is 1. The van der Waals surface area contributed by atoms with Crippen LogP contribution in [0.15, 0.2) is 60.7 Å². The highest BCUT2D eigenvalue weighted by Crippen LogP contribution is 2.35. The Kier molecular flexibility index (Phi) is 5.77. The Labute approximate surface area is 157 Å². The average molecular weight is 351 g/mol. The molecule has 3 heteroatoms. The van der Waals surface area contributed by atoms with Gasteiger partial charge in [0.25, 0.3) is 0 Å². The second-order valence-electron chi connectivity index (χ2n) is 8.23. The van der Waals surface area contributed by atoms with E-state index in [-0.39, 0.29) is 11.9 Å². The van der Waals surface area contributed by atoms with Gasteiger partial charge in [-0.2, -0.15) is 0 Å². The van der Waals surface area contributed by atoms with Gasteiger partial charge in [0.2, 0.25) is 0 Å². The standard InChI is InChI=1S/C23H29NO2/c1-23(2,3)26-22(25)20-14-21(15-20)24(16-18-10-6-4-7-11-18)17-19-12-8-5-9-13-19/h4-13,20-21H,14-17H2,1-3H3. The molecule has 2 aromatic rings. The molecule has 0 aliphatic heterocycles. The second-order valence-corrected chi connectivity index (χ2v) is 8.23. The highest BCUT2D eigenvalue weighted by Gasteiger charge is 2.40. The minimum Gasteiger partial charge on any atom is -0.460 e. The maximum atomic E-state index is 12.3. The zero-order valence-corrected chi connectivity index (χ0v) is 16.0. The van der Waals surface area contributed by atoms with E-state index in [0.717, 1.165) is 25.9 Å². The van der Waals surface area contributed by atoms with Crippen molar-refractivity contribution in [2.24, 2.45) is 5.92 Å². The Morgan fingerprint density at radius 3 is 1.81 bits per heavy atom. The van der Waals surface area contributed by atoms with E-state index in [4.69, 9.17) is 4.74 Å². The molecule has 0 spiro atoms. The van der Waals surface area contributed by atoms with Gasteiger partial charge in [-0.05, 0) is 44.7 Å². The number of nitrogens with zero attached hydrogens (tertiary/aromatic N) is 1. The first-order chi connectivity index (χ1) is 12.4. The molecule has 0 saturated heterocycles. The predicted octanol–water partition coefficient (Wildman–Crippen LogP) is 4.81. The van der Waals surface area contributed by atoms with Crippen LogP contribution >= 0.6 is 0 Å². The van der Waals surface area contributed by atoms with Gasteiger partial charge < -0.3 is 4.74 Å². The number of benzene rings is 2. The van der Waals surface area contributed by atoms with Crippen LogP contribution < -0.4 is 0 Å². The van der Waals surface area contributed by atoms with Crippen LogP contribution in [0, 0.1) is 5.92 Å². The number of rotatable bonds is 6. The SMILES string of the molecule is CC(C)(C)OC(=O)C1CC(N(Cc2ccccc2)Cc2ccccc2)C1. The monoisotopic (exact) mass is 351 g/mol. The van der Waals surface area contributed by atoms with Gasteiger partial charge in [0, 0.05) is 19.1 Å². The summed E-state index contributed by atoms with van der Waals surface area (Å²) in [7, 11) is 0. The first-order valence-electron chi connectivity index (χ1n) is 9.45. The van der Waals surface area contributed by atoms with Crippen LogP contribution in [0.3, 0.4) is 0 Å². The number of carbonyl (C=O) groups is 1. The van der Waals surface area contributed by atoms with Gasteiger partial charge in [0.1, 0.15) is 5.60 Å². The van der Waals surface area contributed by atoms with E-state index in [0.29, 0.717) is 6.04 Å².